The molecule has 2 amide bonds. The van der Waals surface area contributed by atoms with Crippen LogP contribution >= 0.6 is 0 Å². The topological polar surface area (TPSA) is 66.4 Å². The van der Waals surface area contributed by atoms with Crippen LogP contribution in [0.2, 0.25) is 0 Å². The summed E-state index contributed by atoms with van der Waals surface area (Å²) < 4.78 is 0. The Hall–Kier alpha value is -3.80. The maximum atomic E-state index is 14.0. The molecule has 0 bridgehead atoms. The predicted molar refractivity (Wildman–Crippen MR) is 188 cm³/mol. The van der Waals surface area contributed by atoms with Gasteiger partial charge in [-0.1, -0.05) is 127 Å². The van der Waals surface area contributed by atoms with Crippen LogP contribution in [0.4, 0.5) is 0 Å². The molecule has 0 aliphatic rings. The molecular weight excluding hydrogens is 556 g/mol. The zero-order valence-corrected chi connectivity index (χ0v) is 28.0. The van der Waals surface area contributed by atoms with E-state index in [0.717, 1.165) is 60.7 Å². The average Bonchev–Trinajstić information content (AvgIpc) is 3.08. The fraction of sp³-hybridized carbons (Fsp3) is 0.487. The second-order valence-corrected chi connectivity index (χ2v) is 12.3. The third-order valence-corrected chi connectivity index (χ3v) is 8.82. The summed E-state index contributed by atoms with van der Waals surface area (Å²) in [4.78, 5) is 41.2. The Labute approximate surface area is 270 Å². The summed E-state index contributed by atoms with van der Waals surface area (Å²) in [6.45, 7) is 8.53. The number of carbonyl (C=O) groups is 2. The highest BCUT2D eigenvalue weighted by Gasteiger charge is 2.22. The van der Waals surface area contributed by atoms with E-state index < -0.39 is 0 Å². The lowest BCUT2D eigenvalue weighted by Crippen LogP contribution is -2.33. The van der Waals surface area contributed by atoms with Crippen molar-refractivity contribution in [1.82, 2.24) is 19.8 Å². The van der Waals surface area contributed by atoms with Crippen LogP contribution in [-0.2, 0) is 0 Å². The predicted octanol–water partition coefficient (Wildman–Crippen LogP) is 9.71. The van der Waals surface area contributed by atoms with E-state index in [1.807, 2.05) is 72.5 Å². The molecule has 0 atom stereocenters. The summed E-state index contributed by atoms with van der Waals surface area (Å²) in [6, 6.07) is 19.8. The molecule has 0 spiro atoms. The van der Waals surface area contributed by atoms with E-state index in [0.29, 0.717) is 29.0 Å². The van der Waals surface area contributed by atoms with Gasteiger partial charge in [0.25, 0.3) is 11.8 Å². The Morgan fingerprint density at radius 2 is 1.18 bits per heavy atom. The molecule has 0 aliphatic carbocycles. The Morgan fingerprint density at radius 1 is 0.622 bits per heavy atom. The van der Waals surface area contributed by atoms with Crippen LogP contribution in [0.15, 0.2) is 60.7 Å². The maximum Gasteiger partial charge on any atom is 0.272 e. The number of benzene rings is 2. The normalized spacial score (nSPS) is 11.3. The highest BCUT2D eigenvalue weighted by atomic mass is 16.2. The van der Waals surface area contributed by atoms with Crippen LogP contribution in [0.1, 0.15) is 119 Å². The first-order valence-corrected chi connectivity index (χ1v) is 17.3. The molecule has 0 unspecified atom stereocenters. The van der Waals surface area contributed by atoms with E-state index in [9.17, 15) is 9.59 Å². The van der Waals surface area contributed by atoms with Crippen LogP contribution in [0.25, 0.3) is 32.9 Å². The zero-order chi connectivity index (χ0) is 32.0. The largest absolute Gasteiger partial charge is 0.341 e. The quantitative estimate of drug-likeness (QED) is 0.0833. The Bertz CT molecular complexity index is 1520. The number of pyridine rings is 2. The SMILES string of the molecule is CCCCCCCCN(CCCCCCCC)C(=O)c1ccc2ccc3cc(-c4ccccc4)c(C(=O)N(C)CC)nc3c2n1. The first-order chi connectivity index (χ1) is 22.0. The minimum atomic E-state index is -0.133. The van der Waals surface area contributed by atoms with Gasteiger partial charge in [0.05, 0.1) is 11.0 Å². The molecule has 2 aromatic heterocycles. The van der Waals surface area contributed by atoms with Crippen molar-refractivity contribution < 1.29 is 9.59 Å². The summed E-state index contributed by atoms with van der Waals surface area (Å²) >= 11 is 0. The van der Waals surface area contributed by atoms with E-state index in [-0.39, 0.29) is 11.8 Å². The zero-order valence-electron chi connectivity index (χ0n) is 28.0. The number of unbranched alkanes of at least 4 members (excludes halogenated alkanes) is 10. The van der Waals surface area contributed by atoms with Crippen molar-refractivity contribution in [3.63, 3.8) is 0 Å². The Kier molecular flexibility index (Phi) is 13.3. The lowest BCUT2D eigenvalue weighted by atomic mass is 9.99. The molecule has 6 nitrogen and oxygen atoms in total. The molecule has 0 fully saturated rings. The minimum absolute atomic E-state index is 0.0149. The molecule has 2 heterocycles. The smallest absolute Gasteiger partial charge is 0.272 e. The molecule has 45 heavy (non-hydrogen) atoms. The molecule has 4 aromatic rings. The van der Waals surface area contributed by atoms with Crippen molar-refractivity contribution in [2.75, 3.05) is 26.7 Å². The number of nitrogens with zero attached hydrogens (tertiary/aromatic N) is 4. The molecule has 240 valence electrons. The van der Waals surface area contributed by atoms with Crippen molar-refractivity contribution in [2.24, 2.45) is 0 Å². The van der Waals surface area contributed by atoms with Crippen LogP contribution in [0.5, 0.6) is 0 Å². The van der Waals surface area contributed by atoms with Gasteiger partial charge >= 0.3 is 0 Å². The van der Waals surface area contributed by atoms with Gasteiger partial charge in [0.2, 0.25) is 0 Å². The van der Waals surface area contributed by atoms with Crippen molar-refractivity contribution in [3.8, 4) is 11.1 Å². The maximum absolute atomic E-state index is 14.0. The van der Waals surface area contributed by atoms with E-state index >= 15 is 0 Å². The van der Waals surface area contributed by atoms with Gasteiger partial charge in [-0.25, -0.2) is 9.97 Å². The minimum Gasteiger partial charge on any atom is -0.341 e. The molecular formula is C39H52N4O2. The summed E-state index contributed by atoms with van der Waals surface area (Å²) in [6.07, 6.45) is 14.3. The van der Waals surface area contributed by atoms with Gasteiger partial charge in [-0.15, -0.1) is 0 Å². The van der Waals surface area contributed by atoms with E-state index in [1.54, 1.807) is 11.9 Å². The van der Waals surface area contributed by atoms with Gasteiger partial charge in [-0.3, -0.25) is 9.59 Å². The molecule has 0 aliphatic heterocycles. The van der Waals surface area contributed by atoms with Crippen molar-refractivity contribution in [3.05, 3.63) is 72.1 Å². The Morgan fingerprint density at radius 3 is 1.80 bits per heavy atom. The number of hydrogen-bond acceptors (Lipinski definition) is 4. The van der Waals surface area contributed by atoms with Gasteiger partial charge in [0.15, 0.2) is 0 Å². The number of rotatable bonds is 18. The summed E-state index contributed by atoms with van der Waals surface area (Å²) in [5, 5.41) is 1.80. The molecule has 6 heteroatoms. The van der Waals surface area contributed by atoms with Crippen molar-refractivity contribution in [2.45, 2.75) is 97.8 Å². The van der Waals surface area contributed by atoms with E-state index in [2.05, 4.69) is 13.8 Å². The average molecular weight is 609 g/mol. The lowest BCUT2D eigenvalue weighted by Gasteiger charge is -2.23. The molecule has 0 saturated heterocycles. The van der Waals surface area contributed by atoms with Crippen molar-refractivity contribution >= 4 is 33.6 Å². The third kappa shape index (κ3) is 9.12. The number of carbonyl (C=O) groups excluding carboxylic acids is 2. The monoisotopic (exact) mass is 608 g/mol. The fourth-order valence-electron chi connectivity index (χ4n) is 5.91. The van der Waals surface area contributed by atoms with Crippen LogP contribution in [0, 0.1) is 0 Å². The van der Waals surface area contributed by atoms with Gasteiger partial charge in [-0.2, -0.15) is 0 Å². The van der Waals surface area contributed by atoms with Crippen LogP contribution in [-0.4, -0.2) is 58.3 Å². The molecule has 0 saturated carbocycles. The first kappa shape index (κ1) is 34.1. The molecule has 0 N–H and O–H groups in total. The van der Waals surface area contributed by atoms with Crippen LogP contribution in [0.3, 0.4) is 0 Å². The molecule has 4 rings (SSSR count). The van der Waals surface area contributed by atoms with Gasteiger partial charge in [0, 0.05) is 43.0 Å². The van der Waals surface area contributed by atoms with Gasteiger partial charge in [-0.05, 0) is 37.5 Å². The number of fused-ring (bicyclic) bond motifs is 3. The van der Waals surface area contributed by atoms with E-state index in [4.69, 9.17) is 9.97 Å². The highest BCUT2D eigenvalue weighted by molar-refractivity contribution is 6.09. The second-order valence-electron chi connectivity index (χ2n) is 12.3. The summed E-state index contributed by atoms with van der Waals surface area (Å²) in [5.74, 6) is -0.148. The van der Waals surface area contributed by atoms with Crippen molar-refractivity contribution in [1.29, 1.82) is 0 Å². The van der Waals surface area contributed by atoms with E-state index in [1.165, 1.54) is 51.4 Å². The molecule has 0 radical (unpaired) electrons. The summed E-state index contributed by atoms with van der Waals surface area (Å²) in [5.41, 5.74) is 3.88. The number of amides is 2. The number of hydrogen-bond donors (Lipinski definition) is 0. The van der Waals surface area contributed by atoms with Gasteiger partial charge in [0.1, 0.15) is 11.4 Å². The highest BCUT2D eigenvalue weighted by Crippen LogP contribution is 2.31. The fourth-order valence-corrected chi connectivity index (χ4v) is 5.91. The number of aromatic nitrogens is 2. The lowest BCUT2D eigenvalue weighted by molar-refractivity contribution is 0.0742. The molecule has 2 aromatic carbocycles. The van der Waals surface area contributed by atoms with Gasteiger partial charge < -0.3 is 9.80 Å². The van der Waals surface area contributed by atoms with Crippen LogP contribution < -0.4 is 0 Å². The first-order valence-electron chi connectivity index (χ1n) is 17.3. The summed E-state index contributed by atoms with van der Waals surface area (Å²) in [7, 11) is 1.79. The third-order valence-electron chi connectivity index (χ3n) is 8.82. The standard InChI is InChI=1S/C39H52N4O2/c1-5-8-10-12-14-19-27-43(28-20-15-13-11-9-6-2)38(44)34-26-25-31-23-24-32-29-33(30-21-17-16-18-22-30)37(39(45)42(4)7-3)41-36(32)35(31)40-34/h16-18,21-26,29H,5-15,19-20,27-28H2,1-4H3. The Balaban J connectivity index is 1.67. The second kappa shape index (κ2) is 17.6.